The molecule has 9 rings (SSSR count). The van der Waals surface area contributed by atoms with Crippen molar-refractivity contribution in [2.45, 2.75) is 5.41 Å². The zero-order valence-corrected chi connectivity index (χ0v) is 27.4. The van der Waals surface area contributed by atoms with E-state index in [1.54, 1.807) is 0 Å². The summed E-state index contributed by atoms with van der Waals surface area (Å²) < 4.78 is 0. The summed E-state index contributed by atoms with van der Waals surface area (Å²) in [5, 5.41) is 2.45. The Morgan fingerprint density at radius 3 is 1.67 bits per heavy atom. The quantitative estimate of drug-likeness (QED) is 0.167. The molecular formula is C47H34BN. The lowest BCUT2D eigenvalue weighted by molar-refractivity contribution is 0.768. The van der Waals surface area contributed by atoms with E-state index < -0.39 is 5.41 Å². The fraction of sp³-hybridized carbons (Fsp3) is 0.0213. The van der Waals surface area contributed by atoms with Crippen molar-refractivity contribution < 1.29 is 0 Å². The average molecular weight is 624 g/mol. The van der Waals surface area contributed by atoms with E-state index in [0.717, 1.165) is 17.1 Å². The van der Waals surface area contributed by atoms with E-state index in [-0.39, 0.29) is 0 Å². The monoisotopic (exact) mass is 623 g/mol. The summed E-state index contributed by atoms with van der Waals surface area (Å²) in [6, 6.07) is 71.3. The van der Waals surface area contributed by atoms with Crippen LogP contribution in [-0.4, -0.2) is 7.85 Å². The summed E-state index contributed by atoms with van der Waals surface area (Å²) in [6.07, 6.45) is 0. The van der Waals surface area contributed by atoms with Crippen LogP contribution < -0.4 is 10.4 Å². The number of anilines is 3. The van der Waals surface area contributed by atoms with Crippen LogP contribution in [0.4, 0.5) is 17.1 Å². The van der Waals surface area contributed by atoms with Gasteiger partial charge in [0, 0.05) is 16.9 Å². The summed E-state index contributed by atoms with van der Waals surface area (Å²) in [5.41, 5.74) is 14.3. The molecule has 0 amide bonds. The number of fused-ring (bicyclic) bond motifs is 4. The maximum atomic E-state index is 2.45. The molecule has 1 nitrogen and oxygen atoms in total. The summed E-state index contributed by atoms with van der Waals surface area (Å²) in [7, 11) is 2.14. The highest BCUT2D eigenvalue weighted by Crippen LogP contribution is 2.57. The van der Waals surface area contributed by atoms with Gasteiger partial charge >= 0.3 is 0 Å². The lowest BCUT2D eigenvalue weighted by Crippen LogP contribution is -2.28. The largest absolute Gasteiger partial charge is 0.310 e. The third-order valence-corrected chi connectivity index (χ3v) is 10.2. The van der Waals surface area contributed by atoms with Crippen molar-refractivity contribution in [2.75, 3.05) is 4.90 Å². The minimum atomic E-state index is -0.476. The fourth-order valence-corrected chi connectivity index (χ4v) is 7.96. The second-order valence-electron chi connectivity index (χ2n) is 13.0. The lowest BCUT2D eigenvalue weighted by atomic mass is 9.67. The number of benzene rings is 8. The Hall–Kier alpha value is -6.12. The average Bonchev–Trinajstić information content (AvgIpc) is 3.47. The Morgan fingerprint density at radius 2 is 0.939 bits per heavy atom. The van der Waals surface area contributed by atoms with Crippen molar-refractivity contribution in [1.29, 1.82) is 0 Å². The Balaban J connectivity index is 1.34. The zero-order valence-electron chi connectivity index (χ0n) is 27.4. The molecule has 230 valence electrons. The molecule has 0 fully saturated rings. The first-order valence-corrected chi connectivity index (χ1v) is 17.0. The molecule has 0 heterocycles. The van der Waals surface area contributed by atoms with Crippen molar-refractivity contribution in [3.8, 4) is 22.3 Å². The maximum Gasteiger partial charge on any atom is 0.139 e. The van der Waals surface area contributed by atoms with Gasteiger partial charge in [0.1, 0.15) is 7.85 Å². The van der Waals surface area contributed by atoms with Crippen molar-refractivity contribution >= 4 is 41.1 Å². The summed E-state index contributed by atoms with van der Waals surface area (Å²) in [6.45, 7) is 0. The van der Waals surface area contributed by atoms with Crippen molar-refractivity contribution in [3.05, 3.63) is 216 Å². The Labute approximate surface area is 289 Å². The molecule has 8 aromatic rings. The smallest absolute Gasteiger partial charge is 0.139 e. The third-order valence-electron chi connectivity index (χ3n) is 10.2. The van der Waals surface area contributed by atoms with Gasteiger partial charge in [-0.05, 0) is 80.0 Å². The van der Waals surface area contributed by atoms with Crippen LogP contribution in [0, 0.1) is 0 Å². The van der Waals surface area contributed by atoms with Crippen LogP contribution in [0.25, 0.3) is 33.0 Å². The minimum absolute atomic E-state index is 0.476. The Morgan fingerprint density at radius 1 is 0.388 bits per heavy atom. The van der Waals surface area contributed by atoms with Crippen LogP contribution in [0.5, 0.6) is 0 Å². The molecule has 1 aliphatic rings. The second kappa shape index (κ2) is 11.8. The standard InChI is InChI=1S/C47H34BN/c48-38-26-23-34(24-27-38)41-19-10-12-22-46(41)49(39-28-25-33-13-7-8-14-35(33)31-39)40-29-30-43-42-20-9-11-21-44(42)47(45(43)32-40,36-15-3-1-4-16-36)37-17-5-2-6-18-37/h1-32H,48H2. The maximum absolute atomic E-state index is 2.45. The van der Waals surface area contributed by atoms with Crippen LogP contribution in [0.15, 0.2) is 194 Å². The molecule has 0 saturated carbocycles. The van der Waals surface area contributed by atoms with Crippen LogP contribution in [0.1, 0.15) is 22.3 Å². The number of para-hydroxylation sites is 1. The lowest BCUT2D eigenvalue weighted by Gasteiger charge is -2.35. The molecule has 0 radical (unpaired) electrons. The molecule has 0 spiro atoms. The fourth-order valence-electron chi connectivity index (χ4n) is 7.96. The van der Waals surface area contributed by atoms with Crippen LogP contribution in [0.3, 0.4) is 0 Å². The number of nitrogens with zero attached hydrogens (tertiary/aromatic N) is 1. The summed E-state index contributed by atoms with van der Waals surface area (Å²) >= 11 is 0. The summed E-state index contributed by atoms with van der Waals surface area (Å²) in [4.78, 5) is 2.45. The summed E-state index contributed by atoms with van der Waals surface area (Å²) in [5.74, 6) is 0. The number of rotatable bonds is 6. The molecule has 0 N–H and O–H groups in total. The first kappa shape index (κ1) is 29.1. The van der Waals surface area contributed by atoms with Gasteiger partial charge in [0.15, 0.2) is 0 Å². The van der Waals surface area contributed by atoms with Gasteiger partial charge in [0.05, 0.1) is 11.1 Å². The molecule has 0 aromatic heterocycles. The SMILES string of the molecule is Bc1ccc(-c2ccccc2N(c2ccc3c(c2)C(c2ccccc2)(c2ccccc2)c2ccccc2-3)c2ccc3ccccc3c2)cc1. The van der Waals surface area contributed by atoms with Gasteiger partial charge in [0.25, 0.3) is 0 Å². The van der Waals surface area contributed by atoms with Crippen LogP contribution in [-0.2, 0) is 5.41 Å². The second-order valence-corrected chi connectivity index (χ2v) is 13.0. The molecular weight excluding hydrogens is 589 g/mol. The molecule has 49 heavy (non-hydrogen) atoms. The molecule has 0 aliphatic heterocycles. The van der Waals surface area contributed by atoms with Crippen LogP contribution >= 0.6 is 0 Å². The molecule has 2 heteroatoms. The highest BCUT2D eigenvalue weighted by atomic mass is 15.1. The Kier molecular flexibility index (Phi) is 7.02. The first-order chi connectivity index (χ1) is 24.2. The molecule has 0 saturated heterocycles. The van der Waals surface area contributed by atoms with Crippen LogP contribution in [0.2, 0.25) is 0 Å². The predicted octanol–water partition coefficient (Wildman–Crippen LogP) is 10.6. The van der Waals surface area contributed by atoms with Gasteiger partial charge in [0.2, 0.25) is 0 Å². The number of hydrogen-bond donors (Lipinski definition) is 0. The highest BCUT2D eigenvalue weighted by molar-refractivity contribution is 6.32. The first-order valence-electron chi connectivity index (χ1n) is 17.0. The van der Waals surface area contributed by atoms with Crippen molar-refractivity contribution in [2.24, 2.45) is 0 Å². The molecule has 0 atom stereocenters. The normalized spacial score (nSPS) is 12.7. The van der Waals surface area contributed by atoms with E-state index >= 15 is 0 Å². The predicted molar refractivity (Wildman–Crippen MR) is 210 cm³/mol. The van der Waals surface area contributed by atoms with Crippen molar-refractivity contribution in [1.82, 2.24) is 0 Å². The minimum Gasteiger partial charge on any atom is -0.310 e. The van der Waals surface area contributed by atoms with E-state index in [1.807, 2.05) is 0 Å². The van der Waals surface area contributed by atoms with E-state index in [1.165, 1.54) is 60.7 Å². The topological polar surface area (TPSA) is 3.24 Å². The van der Waals surface area contributed by atoms with Gasteiger partial charge in [-0.3, -0.25) is 0 Å². The van der Waals surface area contributed by atoms with Gasteiger partial charge < -0.3 is 4.90 Å². The van der Waals surface area contributed by atoms with E-state index in [9.17, 15) is 0 Å². The van der Waals surface area contributed by atoms with E-state index in [0.29, 0.717) is 0 Å². The highest BCUT2D eigenvalue weighted by Gasteiger charge is 2.46. The Bertz CT molecular complexity index is 2410. The third kappa shape index (κ3) is 4.71. The molecule has 0 bridgehead atoms. The molecule has 0 unspecified atom stereocenters. The molecule has 1 aliphatic carbocycles. The number of hydrogen-bond acceptors (Lipinski definition) is 1. The van der Waals surface area contributed by atoms with Gasteiger partial charge in [-0.1, -0.05) is 169 Å². The zero-order chi connectivity index (χ0) is 32.8. The van der Waals surface area contributed by atoms with Crippen molar-refractivity contribution in [3.63, 3.8) is 0 Å². The van der Waals surface area contributed by atoms with E-state index in [2.05, 4.69) is 207 Å². The molecule has 8 aromatic carbocycles. The van der Waals surface area contributed by atoms with Gasteiger partial charge in [-0.15, -0.1) is 0 Å². The van der Waals surface area contributed by atoms with Gasteiger partial charge in [-0.25, -0.2) is 0 Å². The van der Waals surface area contributed by atoms with Gasteiger partial charge in [-0.2, -0.15) is 0 Å². The van der Waals surface area contributed by atoms with E-state index in [4.69, 9.17) is 0 Å².